The van der Waals surface area contributed by atoms with Crippen molar-refractivity contribution in [3.8, 4) is 0 Å². The van der Waals surface area contributed by atoms with Gasteiger partial charge >= 0.3 is 0 Å². The van der Waals surface area contributed by atoms with Gasteiger partial charge in [-0.05, 0) is 17.4 Å². The lowest BCUT2D eigenvalue weighted by Gasteiger charge is -2.15. The molecule has 0 aliphatic heterocycles. The standard InChI is InChI=1S/C11H16/c1-9(2)10(3)11-7-5-4-6-8-11/h4-10H,1-3H3/t10-/m1/s1. The number of rotatable bonds is 2. The molecule has 0 nitrogen and oxygen atoms in total. The Hall–Kier alpha value is -0.780. The zero-order valence-electron chi connectivity index (χ0n) is 7.54. The summed E-state index contributed by atoms with van der Waals surface area (Å²) in [6.45, 7) is 6.80. The van der Waals surface area contributed by atoms with Gasteiger partial charge < -0.3 is 0 Å². The second kappa shape index (κ2) is 3.56. The predicted octanol–water partition coefficient (Wildman–Crippen LogP) is 3.45. The molecule has 1 rings (SSSR count). The van der Waals surface area contributed by atoms with Gasteiger partial charge in [0.25, 0.3) is 0 Å². The third-order valence-corrected chi connectivity index (χ3v) is 2.33. The van der Waals surface area contributed by atoms with Crippen molar-refractivity contribution in [2.24, 2.45) is 5.92 Å². The van der Waals surface area contributed by atoms with Crippen molar-refractivity contribution in [1.82, 2.24) is 0 Å². The molecular weight excluding hydrogens is 132 g/mol. The topological polar surface area (TPSA) is 0 Å². The lowest BCUT2D eigenvalue weighted by molar-refractivity contribution is 0.535. The van der Waals surface area contributed by atoms with E-state index >= 15 is 0 Å². The van der Waals surface area contributed by atoms with E-state index < -0.39 is 0 Å². The van der Waals surface area contributed by atoms with Gasteiger partial charge in [0.2, 0.25) is 0 Å². The zero-order valence-corrected chi connectivity index (χ0v) is 7.54. The lowest BCUT2D eigenvalue weighted by Crippen LogP contribution is -2.00. The molecule has 0 spiro atoms. The molecule has 1 aromatic rings. The number of hydrogen-bond acceptors (Lipinski definition) is 0. The summed E-state index contributed by atoms with van der Waals surface area (Å²) in [6, 6.07) is 10.7. The maximum absolute atomic E-state index is 2.28. The Morgan fingerprint density at radius 1 is 0.909 bits per heavy atom. The highest BCUT2D eigenvalue weighted by Gasteiger charge is 2.07. The summed E-state index contributed by atoms with van der Waals surface area (Å²) in [7, 11) is 0. The normalized spacial score (nSPS) is 13.5. The predicted molar refractivity (Wildman–Crippen MR) is 49.7 cm³/mol. The average Bonchev–Trinajstić information content (AvgIpc) is 2.05. The van der Waals surface area contributed by atoms with Crippen LogP contribution in [0.4, 0.5) is 0 Å². The van der Waals surface area contributed by atoms with Crippen LogP contribution >= 0.6 is 0 Å². The molecule has 11 heavy (non-hydrogen) atoms. The first-order chi connectivity index (χ1) is 5.22. The minimum absolute atomic E-state index is 0.677. The van der Waals surface area contributed by atoms with E-state index in [1.807, 2.05) is 0 Å². The van der Waals surface area contributed by atoms with E-state index in [-0.39, 0.29) is 0 Å². The molecule has 0 bridgehead atoms. The van der Waals surface area contributed by atoms with Crippen molar-refractivity contribution >= 4 is 0 Å². The molecule has 0 fully saturated rings. The molecule has 0 N–H and O–H groups in total. The molecule has 0 aromatic heterocycles. The molecule has 0 saturated carbocycles. The fraction of sp³-hybridized carbons (Fsp3) is 0.455. The molecule has 0 amide bonds. The van der Waals surface area contributed by atoms with Gasteiger partial charge in [0.05, 0.1) is 0 Å². The second-order valence-electron chi connectivity index (χ2n) is 3.44. The molecule has 60 valence electrons. The SMILES string of the molecule is CC(C)[C@@H](C)c1ccccc1. The van der Waals surface area contributed by atoms with Crippen molar-refractivity contribution in [2.75, 3.05) is 0 Å². The number of benzene rings is 1. The van der Waals surface area contributed by atoms with E-state index in [0.717, 1.165) is 5.92 Å². The first-order valence-corrected chi connectivity index (χ1v) is 4.26. The van der Waals surface area contributed by atoms with Gasteiger partial charge in [-0.15, -0.1) is 0 Å². The summed E-state index contributed by atoms with van der Waals surface area (Å²) >= 11 is 0. The molecule has 0 radical (unpaired) electrons. The van der Waals surface area contributed by atoms with Gasteiger partial charge in [-0.25, -0.2) is 0 Å². The molecule has 0 heterocycles. The first-order valence-electron chi connectivity index (χ1n) is 4.26. The minimum atomic E-state index is 0.677. The van der Waals surface area contributed by atoms with Gasteiger partial charge in [-0.1, -0.05) is 51.1 Å². The highest BCUT2D eigenvalue weighted by Crippen LogP contribution is 2.22. The Morgan fingerprint density at radius 3 is 1.91 bits per heavy atom. The van der Waals surface area contributed by atoms with E-state index in [1.54, 1.807) is 0 Å². The fourth-order valence-corrected chi connectivity index (χ4v) is 1.14. The molecule has 0 aliphatic carbocycles. The van der Waals surface area contributed by atoms with Crippen molar-refractivity contribution in [2.45, 2.75) is 26.7 Å². The van der Waals surface area contributed by atoms with Crippen LogP contribution < -0.4 is 0 Å². The summed E-state index contributed by atoms with van der Waals surface area (Å²) in [4.78, 5) is 0. The molecular formula is C11H16. The Kier molecular flexibility index (Phi) is 2.70. The average molecular weight is 148 g/mol. The van der Waals surface area contributed by atoms with E-state index in [1.165, 1.54) is 5.56 Å². The van der Waals surface area contributed by atoms with Gasteiger partial charge in [0.1, 0.15) is 0 Å². The summed E-state index contributed by atoms with van der Waals surface area (Å²) < 4.78 is 0. The molecule has 0 heteroatoms. The highest BCUT2D eigenvalue weighted by molar-refractivity contribution is 5.18. The van der Waals surface area contributed by atoms with Gasteiger partial charge in [0, 0.05) is 0 Å². The van der Waals surface area contributed by atoms with E-state index in [4.69, 9.17) is 0 Å². The Bertz CT molecular complexity index is 199. The summed E-state index contributed by atoms with van der Waals surface area (Å²) in [5.74, 6) is 1.41. The monoisotopic (exact) mass is 148 g/mol. The third kappa shape index (κ3) is 2.07. The van der Waals surface area contributed by atoms with Crippen LogP contribution in [0, 0.1) is 5.92 Å². The summed E-state index contributed by atoms with van der Waals surface area (Å²) in [5.41, 5.74) is 1.45. The van der Waals surface area contributed by atoms with Crippen molar-refractivity contribution < 1.29 is 0 Å². The van der Waals surface area contributed by atoms with Crippen LogP contribution in [0.25, 0.3) is 0 Å². The molecule has 0 unspecified atom stereocenters. The first kappa shape index (κ1) is 8.32. The molecule has 1 atom stereocenters. The van der Waals surface area contributed by atoms with Crippen LogP contribution in [-0.2, 0) is 0 Å². The van der Waals surface area contributed by atoms with Crippen LogP contribution in [0.3, 0.4) is 0 Å². The molecule has 1 aromatic carbocycles. The van der Waals surface area contributed by atoms with E-state index in [2.05, 4.69) is 51.1 Å². The van der Waals surface area contributed by atoms with Crippen LogP contribution in [0.5, 0.6) is 0 Å². The smallest absolute Gasteiger partial charge is 0.0167 e. The van der Waals surface area contributed by atoms with Crippen LogP contribution in [0.15, 0.2) is 30.3 Å². The maximum Gasteiger partial charge on any atom is -0.0167 e. The molecule has 0 saturated heterocycles. The second-order valence-corrected chi connectivity index (χ2v) is 3.44. The van der Waals surface area contributed by atoms with Crippen LogP contribution in [-0.4, -0.2) is 0 Å². The van der Waals surface area contributed by atoms with Crippen molar-refractivity contribution in [3.05, 3.63) is 35.9 Å². The van der Waals surface area contributed by atoms with Crippen molar-refractivity contribution in [1.29, 1.82) is 0 Å². The third-order valence-electron chi connectivity index (χ3n) is 2.33. The molecule has 0 aliphatic rings. The van der Waals surface area contributed by atoms with Gasteiger partial charge in [0.15, 0.2) is 0 Å². The fourth-order valence-electron chi connectivity index (χ4n) is 1.14. The zero-order chi connectivity index (χ0) is 8.27. The van der Waals surface area contributed by atoms with E-state index in [9.17, 15) is 0 Å². The number of hydrogen-bond donors (Lipinski definition) is 0. The minimum Gasteiger partial charge on any atom is -0.0622 e. The van der Waals surface area contributed by atoms with Crippen LogP contribution in [0.2, 0.25) is 0 Å². The van der Waals surface area contributed by atoms with Gasteiger partial charge in [-0.2, -0.15) is 0 Å². The van der Waals surface area contributed by atoms with Gasteiger partial charge in [-0.3, -0.25) is 0 Å². The Labute approximate surface area is 69.3 Å². The highest BCUT2D eigenvalue weighted by atomic mass is 14.1. The van der Waals surface area contributed by atoms with Crippen LogP contribution in [0.1, 0.15) is 32.3 Å². The Morgan fingerprint density at radius 2 is 1.45 bits per heavy atom. The summed E-state index contributed by atoms with van der Waals surface area (Å²) in [5, 5.41) is 0. The lowest BCUT2D eigenvalue weighted by atomic mass is 9.91. The van der Waals surface area contributed by atoms with Crippen molar-refractivity contribution in [3.63, 3.8) is 0 Å². The van der Waals surface area contributed by atoms with E-state index in [0.29, 0.717) is 5.92 Å². The quantitative estimate of drug-likeness (QED) is 0.602. The summed E-state index contributed by atoms with van der Waals surface area (Å²) in [6.07, 6.45) is 0. The maximum atomic E-state index is 2.28. The Balaban J connectivity index is 2.77. The largest absolute Gasteiger partial charge is 0.0622 e.